The van der Waals surface area contributed by atoms with E-state index in [9.17, 15) is 0 Å². The van der Waals surface area contributed by atoms with Gasteiger partial charge in [0.15, 0.2) is 5.96 Å². The number of rotatable bonds is 8. The Hall–Kier alpha value is -0.800. The Morgan fingerprint density at radius 3 is 2.89 bits per heavy atom. The molecule has 0 spiro atoms. The van der Waals surface area contributed by atoms with Crippen LogP contribution in [0.3, 0.4) is 0 Å². The number of furan rings is 1. The van der Waals surface area contributed by atoms with Crippen LogP contribution in [0, 0.1) is 5.92 Å². The summed E-state index contributed by atoms with van der Waals surface area (Å²) in [4.78, 5) is 7.32. The molecule has 0 radical (unpaired) electrons. The average molecular weight is 504 g/mol. The summed E-state index contributed by atoms with van der Waals surface area (Å²) < 4.78 is 10.8. The van der Waals surface area contributed by atoms with Gasteiger partial charge in [0.1, 0.15) is 5.76 Å². The molecule has 2 atom stereocenters. The van der Waals surface area contributed by atoms with E-state index in [1.54, 1.807) is 6.26 Å². The Bertz CT molecular complexity index is 547. The lowest BCUT2D eigenvalue weighted by molar-refractivity contribution is 0.0377. The summed E-state index contributed by atoms with van der Waals surface area (Å²) in [6, 6.07) is 4.51. The lowest BCUT2D eigenvalue weighted by Crippen LogP contribution is -2.45. The Balaban J connectivity index is 0.00000280. The number of aliphatic imine (C=N–C) groups is 1. The number of guanidine groups is 1. The predicted molar refractivity (Wildman–Crippen MR) is 125 cm³/mol. The molecule has 28 heavy (non-hydrogen) atoms. The summed E-state index contributed by atoms with van der Waals surface area (Å²) in [6.45, 7) is 8.99. The van der Waals surface area contributed by atoms with Crippen molar-refractivity contribution in [3.8, 4) is 0 Å². The Labute approximate surface area is 186 Å². The fraction of sp³-hybridized carbons (Fsp3) is 0.762. The minimum atomic E-state index is 0. The highest BCUT2D eigenvalue weighted by atomic mass is 127. The molecule has 2 aliphatic rings. The molecule has 1 saturated carbocycles. The van der Waals surface area contributed by atoms with Gasteiger partial charge in [-0.1, -0.05) is 19.8 Å². The third kappa shape index (κ3) is 8.69. The first kappa shape index (κ1) is 23.5. The molecule has 2 heterocycles. The van der Waals surface area contributed by atoms with Crippen molar-refractivity contribution in [2.75, 3.05) is 45.9 Å². The maximum atomic E-state index is 5.43. The maximum Gasteiger partial charge on any atom is 0.191 e. The summed E-state index contributed by atoms with van der Waals surface area (Å²) in [5, 5.41) is 7.18. The maximum absolute atomic E-state index is 5.43. The monoisotopic (exact) mass is 504 g/mol. The summed E-state index contributed by atoms with van der Waals surface area (Å²) in [7, 11) is 0. The van der Waals surface area contributed by atoms with Crippen LogP contribution in [0.4, 0.5) is 0 Å². The van der Waals surface area contributed by atoms with Crippen LogP contribution in [0.2, 0.25) is 0 Å². The largest absolute Gasteiger partial charge is 0.469 e. The molecule has 2 fully saturated rings. The van der Waals surface area contributed by atoms with Gasteiger partial charge in [-0.05, 0) is 37.3 Å². The molecule has 0 amide bonds. The van der Waals surface area contributed by atoms with E-state index < -0.39 is 0 Å². The molecule has 3 rings (SSSR count). The number of nitrogens with zero attached hydrogens (tertiary/aromatic N) is 2. The van der Waals surface area contributed by atoms with Gasteiger partial charge in [-0.25, -0.2) is 0 Å². The average Bonchev–Trinajstić information content (AvgIpc) is 3.19. The first-order chi connectivity index (χ1) is 13.3. The molecule has 1 aromatic rings. The van der Waals surface area contributed by atoms with Crippen LogP contribution in [0.1, 0.15) is 44.8 Å². The van der Waals surface area contributed by atoms with Crippen LogP contribution in [-0.2, 0) is 11.2 Å². The number of hydrogen-bond donors (Lipinski definition) is 2. The summed E-state index contributed by atoms with van der Waals surface area (Å²) >= 11 is 0. The second kappa shape index (κ2) is 13.4. The number of halogens is 1. The molecule has 1 aromatic heterocycles. The van der Waals surface area contributed by atoms with Gasteiger partial charge in [0.05, 0.1) is 19.5 Å². The van der Waals surface area contributed by atoms with E-state index in [4.69, 9.17) is 14.1 Å². The Morgan fingerprint density at radius 1 is 1.29 bits per heavy atom. The van der Waals surface area contributed by atoms with Crippen LogP contribution in [-0.4, -0.2) is 62.8 Å². The Morgan fingerprint density at radius 2 is 2.14 bits per heavy atom. The van der Waals surface area contributed by atoms with E-state index in [1.165, 1.54) is 25.7 Å². The fourth-order valence-electron chi connectivity index (χ4n) is 3.98. The van der Waals surface area contributed by atoms with E-state index in [0.717, 1.165) is 76.4 Å². The molecule has 0 bridgehead atoms. The SMILES string of the molecule is CC1CCCC(NC(=NCCCN2CCOCC2)NCCc2ccco2)C1.I. The first-order valence-electron chi connectivity index (χ1n) is 10.7. The molecule has 1 saturated heterocycles. The zero-order chi connectivity index (χ0) is 18.7. The Kier molecular flexibility index (Phi) is 11.3. The van der Waals surface area contributed by atoms with Crippen molar-refractivity contribution in [3.05, 3.63) is 24.2 Å². The lowest BCUT2D eigenvalue weighted by Gasteiger charge is -2.29. The van der Waals surface area contributed by atoms with Crippen molar-refractivity contribution < 1.29 is 9.15 Å². The van der Waals surface area contributed by atoms with E-state index in [1.807, 2.05) is 12.1 Å². The highest BCUT2D eigenvalue weighted by Gasteiger charge is 2.19. The van der Waals surface area contributed by atoms with Crippen molar-refractivity contribution in [2.24, 2.45) is 10.9 Å². The molecule has 160 valence electrons. The molecule has 6 nitrogen and oxygen atoms in total. The van der Waals surface area contributed by atoms with Crippen LogP contribution >= 0.6 is 24.0 Å². The van der Waals surface area contributed by atoms with Gasteiger partial charge in [-0.15, -0.1) is 24.0 Å². The van der Waals surface area contributed by atoms with Crippen molar-refractivity contribution in [1.29, 1.82) is 0 Å². The molecule has 2 N–H and O–H groups in total. The van der Waals surface area contributed by atoms with Gasteiger partial charge in [-0.3, -0.25) is 9.89 Å². The van der Waals surface area contributed by atoms with Crippen LogP contribution in [0.25, 0.3) is 0 Å². The quantitative estimate of drug-likeness (QED) is 0.246. The number of hydrogen-bond acceptors (Lipinski definition) is 4. The van der Waals surface area contributed by atoms with Crippen LogP contribution in [0.5, 0.6) is 0 Å². The van der Waals surface area contributed by atoms with E-state index in [0.29, 0.717) is 6.04 Å². The lowest BCUT2D eigenvalue weighted by atomic mass is 9.87. The van der Waals surface area contributed by atoms with Gasteiger partial charge in [0.2, 0.25) is 0 Å². The zero-order valence-electron chi connectivity index (χ0n) is 17.2. The van der Waals surface area contributed by atoms with Crippen molar-refractivity contribution in [3.63, 3.8) is 0 Å². The summed E-state index contributed by atoms with van der Waals surface area (Å²) in [5.41, 5.74) is 0. The van der Waals surface area contributed by atoms with Crippen molar-refractivity contribution in [1.82, 2.24) is 15.5 Å². The fourth-order valence-corrected chi connectivity index (χ4v) is 3.98. The van der Waals surface area contributed by atoms with Gasteiger partial charge < -0.3 is 19.8 Å². The smallest absolute Gasteiger partial charge is 0.191 e. The van der Waals surface area contributed by atoms with Crippen LogP contribution in [0.15, 0.2) is 27.8 Å². The number of morpholine rings is 1. The second-order valence-corrected chi connectivity index (χ2v) is 7.91. The highest BCUT2D eigenvalue weighted by molar-refractivity contribution is 14.0. The normalized spacial score (nSPS) is 23.8. The van der Waals surface area contributed by atoms with E-state index >= 15 is 0 Å². The van der Waals surface area contributed by atoms with E-state index in [-0.39, 0.29) is 24.0 Å². The highest BCUT2D eigenvalue weighted by Crippen LogP contribution is 2.23. The molecule has 7 heteroatoms. The number of nitrogens with one attached hydrogen (secondary N) is 2. The molecular formula is C21H37IN4O2. The topological polar surface area (TPSA) is 62.0 Å². The summed E-state index contributed by atoms with van der Waals surface area (Å²) in [5.74, 6) is 2.78. The summed E-state index contributed by atoms with van der Waals surface area (Å²) in [6.07, 6.45) is 8.86. The van der Waals surface area contributed by atoms with Crippen molar-refractivity contribution >= 4 is 29.9 Å². The molecular weight excluding hydrogens is 467 g/mol. The van der Waals surface area contributed by atoms with Gasteiger partial charge in [-0.2, -0.15) is 0 Å². The predicted octanol–water partition coefficient (Wildman–Crippen LogP) is 3.28. The first-order valence-corrected chi connectivity index (χ1v) is 10.7. The zero-order valence-corrected chi connectivity index (χ0v) is 19.5. The molecule has 1 aliphatic heterocycles. The number of ether oxygens (including phenoxy) is 1. The molecule has 2 unspecified atom stereocenters. The third-order valence-corrected chi connectivity index (χ3v) is 5.53. The minimum Gasteiger partial charge on any atom is -0.469 e. The van der Waals surface area contributed by atoms with Crippen molar-refractivity contribution in [2.45, 2.75) is 51.5 Å². The second-order valence-electron chi connectivity index (χ2n) is 7.91. The molecule has 1 aliphatic carbocycles. The van der Waals surface area contributed by atoms with E-state index in [2.05, 4.69) is 22.5 Å². The standard InChI is InChI=1S/C21H36N4O2.HI/c1-18-5-2-6-19(17-18)24-21(23-10-8-20-7-3-14-27-20)22-9-4-11-25-12-15-26-16-13-25;/h3,7,14,18-19H,2,4-6,8-13,15-17H2,1H3,(H2,22,23,24);1H. The third-order valence-electron chi connectivity index (χ3n) is 5.53. The van der Waals surface area contributed by atoms with Crippen LogP contribution < -0.4 is 10.6 Å². The van der Waals surface area contributed by atoms with Gasteiger partial charge in [0, 0.05) is 45.2 Å². The molecule has 0 aromatic carbocycles. The van der Waals surface area contributed by atoms with Gasteiger partial charge >= 0.3 is 0 Å². The minimum absolute atomic E-state index is 0. The van der Waals surface area contributed by atoms with Gasteiger partial charge in [0.25, 0.3) is 0 Å².